The molecule has 0 bridgehead atoms. The fourth-order valence-corrected chi connectivity index (χ4v) is 9.30. The Morgan fingerprint density at radius 3 is 1.35 bits per heavy atom. The highest BCUT2D eigenvalue weighted by molar-refractivity contribution is 6.36. The van der Waals surface area contributed by atoms with Gasteiger partial charge in [0.05, 0.1) is 34.3 Å². The molecule has 14 heteroatoms. The molecule has 2 fully saturated rings. The van der Waals surface area contributed by atoms with Crippen LogP contribution >= 0.6 is 46.4 Å². The van der Waals surface area contributed by atoms with Gasteiger partial charge in [-0.05, 0) is 73.5 Å². The number of para-hydroxylation sites is 2. The van der Waals surface area contributed by atoms with E-state index in [2.05, 4.69) is 9.80 Å². The highest BCUT2D eigenvalue weighted by atomic mass is 35.5. The lowest BCUT2D eigenvalue weighted by Crippen LogP contribution is -2.49. The molecule has 0 spiro atoms. The molecule has 8 rings (SSSR count). The second kappa shape index (κ2) is 19.8. The topological polar surface area (TPSA) is 103 Å². The van der Waals surface area contributed by atoms with Crippen LogP contribution in [0.2, 0.25) is 20.1 Å². The normalized spacial score (nSPS) is 16.5. The third kappa shape index (κ3) is 10.4. The molecule has 2 aromatic heterocycles. The SMILES string of the molecule is O=C(OC1(c2cnc3ccccc3c2)CCN(CCCOc2ccc(Cl)cc2Cl)CC1)C(=O)OC1(c2cnc3ccccc3c2)CCN(CCCOc2ccc(Cl)cc2Cl)CC1. The van der Waals surface area contributed by atoms with E-state index in [1.807, 2.05) is 60.7 Å². The van der Waals surface area contributed by atoms with Gasteiger partial charge in [0.1, 0.15) is 22.7 Å². The van der Waals surface area contributed by atoms with Crippen LogP contribution in [0.5, 0.6) is 11.5 Å². The first-order valence-electron chi connectivity index (χ1n) is 20.9. The Morgan fingerprint density at radius 1 is 0.548 bits per heavy atom. The van der Waals surface area contributed by atoms with Crippen molar-refractivity contribution in [3.8, 4) is 11.5 Å². The van der Waals surface area contributed by atoms with Gasteiger partial charge >= 0.3 is 11.9 Å². The second-order valence-electron chi connectivity index (χ2n) is 15.8. The Bertz CT molecular complexity index is 2370. The van der Waals surface area contributed by atoms with Gasteiger partial charge < -0.3 is 28.7 Å². The predicted octanol–water partition coefficient (Wildman–Crippen LogP) is 10.7. The number of aromatic nitrogens is 2. The number of halogens is 4. The lowest BCUT2D eigenvalue weighted by atomic mass is 9.84. The van der Waals surface area contributed by atoms with E-state index in [-0.39, 0.29) is 0 Å². The van der Waals surface area contributed by atoms with Crippen molar-refractivity contribution in [3.05, 3.63) is 141 Å². The molecule has 2 aliphatic rings. The third-order valence-electron chi connectivity index (χ3n) is 11.8. The molecular formula is C48H46Cl4N4O6. The van der Waals surface area contributed by atoms with E-state index in [1.165, 1.54) is 0 Å². The van der Waals surface area contributed by atoms with Gasteiger partial charge in [0, 0.05) is 109 Å². The van der Waals surface area contributed by atoms with Crippen molar-refractivity contribution in [2.75, 3.05) is 52.5 Å². The second-order valence-corrected chi connectivity index (χ2v) is 17.5. The molecule has 6 aromatic rings. The van der Waals surface area contributed by atoms with Gasteiger partial charge in [-0.2, -0.15) is 0 Å². The van der Waals surface area contributed by atoms with Crippen LogP contribution in [0, 0.1) is 0 Å². The summed E-state index contributed by atoms with van der Waals surface area (Å²) < 4.78 is 24.6. The molecule has 4 aromatic carbocycles. The van der Waals surface area contributed by atoms with E-state index in [4.69, 9.17) is 75.3 Å². The van der Waals surface area contributed by atoms with Crippen LogP contribution in [0.1, 0.15) is 49.7 Å². The minimum atomic E-state index is -1.10. The fourth-order valence-electron chi connectivity index (χ4n) is 8.38. The smallest absolute Gasteiger partial charge is 0.418 e. The van der Waals surface area contributed by atoms with E-state index in [1.54, 1.807) is 48.8 Å². The average Bonchev–Trinajstić information content (AvgIpc) is 3.28. The van der Waals surface area contributed by atoms with E-state index in [0.29, 0.717) is 96.7 Å². The molecule has 322 valence electrons. The monoisotopic (exact) mass is 914 g/mol. The van der Waals surface area contributed by atoms with Crippen LogP contribution in [0.25, 0.3) is 21.8 Å². The van der Waals surface area contributed by atoms with Gasteiger partial charge in [-0.3, -0.25) is 9.97 Å². The van der Waals surface area contributed by atoms with Crippen LogP contribution in [0.3, 0.4) is 0 Å². The quantitative estimate of drug-likeness (QED) is 0.0596. The highest BCUT2D eigenvalue weighted by Crippen LogP contribution is 2.41. The zero-order valence-corrected chi connectivity index (χ0v) is 37.1. The fraction of sp³-hybridized carbons (Fsp3) is 0.333. The van der Waals surface area contributed by atoms with Gasteiger partial charge in [0.25, 0.3) is 0 Å². The van der Waals surface area contributed by atoms with Crippen LogP contribution in [-0.2, 0) is 30.3 Å². The summed E-state index contributed by atoms with van der Waals surface area (Å²) in [7, 11) is 0. The third-order valence-corrected chi connectivity index (χ3v) is 12.9. The molecule has 0 N–H and O–H groups in total. The van der Waals surface area contributed by atoms with Crippen molar-refractivity contribution >= 4 is 80.1 Å². The Labute approximate surface area is 380 Å². The molecule has 0 saturated carbocycles. The number of pyridine rings is 2. The summed E-state index contributed by atoms with van der Waals surface area (Å²) in [5.41, 5.74) is 0.924. The van der Waals surface area contributed by atoms with Crippen LogP contribution in [0.4, 0.5) is 0 Å². The molecule has 0 radical (unpaired) electrons. The number of hydrogen-bond donors (Lipinski definition) is 0. The molecule has 0 aliphatic carbocycles. The van der Waals surface area contributed by atoms with Crippen LogP contribution < -0.4 is 9.47 Å². The number of esters is 2. The van der Waals surface area contributed by atoms with Crippen molar-refractivity contribution in [2.45, 2.75) is 49.7 Å². The number of hydrogen-bond acceptors (Lipinski definition) is 10. The summed E-state index contributed by atoms with van der Waals surface area (Å²) in [6.45, 7) is 4.95. The molecule has 2 aliphatic heterocycles. The predicted molar refractivity (Wildman–Crippen MR) is 244 cm³/mol. The molecule has 62 heavy (non-hydrogen) atoms. The number of benzene rings is 4. The molecule has 0 amide bonds. The van der Waals surface area contributed by atoms with E-state index in [0.717, 1.165) is 58.9 Å². The Balaban J connectivity index is 0.952. The van der Waals surface area contributed by atoms with Crippen molar-refractivity contribution in [1.82, 2.24) is 19.8 Å². The van der Waals surface area contributed by atoms with Gasteiger partial charge in [-0.15, -0.1) is 0 Å². The number of ether oxygens (including phenoxy) is 4. The molecule has 0 unspecified atom stereocenters. The molecule has 0 atom stereocenters. The maximum atomic E-state index is 14.2. The number of piperidine rings is 2. The van der Waals surface area contributed by atoms with Crippen molar-refractivity contribution < 1.29 is 28.5 Å². The van der Waals surface area contributed by atoms with Gasteiger partial charge in [0.2, 0.25) is 0 Å². The lowest BCUT2D eigenvalue weighted by molar-refractivity contribution is -0.193. The van der Waals surface area contributed by atoms with Crippen LogP contribution in [-0.4, -0.2) is 84.2 Å². The first kappa shape index (κ1) is 43.9. The Morgan fingerprint density at radius 2 is 0.952 bits per heavy atom. The number of carbonyl (C=O) groups is 2. The summed E-state index contributed by atoms with van der Waals surface area (Å²) >= 11 is 24.7. The largest absolute Gasteiger partial charge is 0.492 e. The van der Waals surface area contributed by atoms with E-state index >= 15 is 0 Å². The Kier molecular flexibility index (Phi) is 14.0. The molecular weight excluding hydrogens is 870 g/mol. The first-order valence-corrected chi connectivity index (χ1v) is 22.4. The standard InChI is InChI=1S/C48H46Cl4N4O6/c49-37-11-13-43(39(51)29-37)59-25-5-19-55-21-15-47(16-22-55,35-27-33-7-1-3-9-41(33)53-31-35)61-45(57)46(58)62-48(36-28-34-8-2-4-10-42(34)54-32-36)17-23-56(24-18-48)20-6-26-60-44-14-12-38(50)30-40(44)52/h1-4,7-14,27-32H,5-6,15-26H2. The number of nitrogens with zero attached hydrogens (tertiary/aromatic N) is 4. The summed E-state index contributed by atoms with van der Waals surface area (Å²) in [6, 6.07) is 30.0. The van der Waals surface area contributed by atoms with Crippen molar-refractivity contribution in [1.29, 1.82) is 0 Å². The van der Waals surface area contributed by atoms with Gasteiger partial charge in [-0.25, -0.2) is 9.59 Å². The van der Waals surface area contributed by atoms with Crippen LogP contribution in [0.15, 0.2) is 109 Å². The summed E-state index contributed by atoms with van der Waals surface area (Å²) in [5, 5.41) is 3.86. The number of likely N-dealkylation sites (tertiary alicyclic amines) is 2. The van der Waals surface area contributed by atoms with Gasteiger partial charge in [-0.1, -0.05) is 82.8 Å². The molecule has 2 saturated heterocycles. The molecule has 10 nitrogen and oxygen atoms in total. The average molecular weight is 917 g/mol. The van der Waals surface area contributed by atoms with Gasteiger partial charge in [0.15, 0.2) is 0 Å². The summed E-state index contributed by atoms with van der Waals surface area (Å²) in [5.74, 6) is -0.896. The number of carbonyl (C=O) groups excluding carboxylic acids is 2. The zero-order chi connectivity index (χ0) is 43.1. The molecule has 4 heterocycles. The number of rotatable bonds is 14. The first-order chi connectivity index (χ1) is 30.1. The van der Waals surface area contributed by atoms with E-state index < -0.39 is 23.1 Å². The maximum absolute atomic E-state index is 14.2. The highest BCUT2D eigenvalue weighted by Gasteiger charge is 2.46. The van der Waals surface area contributed by atoms with Crippen molar-refractivity contribution in [2.24, 2.45) is 0 Å². The zero-order valence-electron chi connectivity index (χ0n) is 34.0. The van der Waals surface area contributed by atoms with E-state index in [9.17, 15) is 9.59 Å². The minimum absolute atomic E-state index is 0.457. The van der Waals surface area contributed by atoms with Crippen molar-refractivity contribution in [3.63, 3.8) is 0 Å². The Hall–Kier alpha value is -4.68. The minimum Gasteiger partial charge on any atom is -0.492 e. The summed E-state index contributed by atoms with van der Waals surface area (Å²) in [4.78, 5) is 42.4. The summed E-state index contributed by atoms with van der Waals surface area (Å²) in [6.07, 6.45) is 6.85. The lowest BCUT2D eigenvalue weighted by Gasteiger charge is -2.42. The maximum Gasteiger partial charge on any atom is 0.418 e. The number of fused-ring (bicyclic) bond motifs is 2.